The molecule has 0 amide bonds. The standard InChI is InChI=1S/C15H18ClN3/c1-19-10-13(17-18-19)9-12-7-4-6-11-5-2-3-8-14(11)15(12)16/h2-3,5,8,10,12,15H,4,6-7,9H2,1H3. The second-order valence-corrected chi connectivity index (χ2v) is 5.81. The summed E-state index contributed by atoms with van der Waals surface area (Å²) >= 11 is 6.72. The van der Waals surface area contributed by atoms with E-state index in [0.29, 0.717) is 5.92 Å². The van der Waals surface area contributed by atoms with E-state index in [2.05, 4.69) is 34.6 Å². The minimum Gasteiger partial charge on any atom is -0.255 e. The number of benzene rings is 1. The van der Waals surface area contributed by atoms with Gasteiger partial charge in [0.1, 0.15) is 0 Å². The first-order valence-electron chi connectivity index (χ1n) is 6.81. The number of fused-ring (bicyclic) bond motifs is 1. The molecule has 1 aliphatic carbocycles. The number of hydrogen-bond acceptors (Lipinski definition) is 2. The summed E-state index contributed by atoms with van der Waals surface area (Å²) in [6, 6.07) is 8.56. The van der Waals surface area contributed by atoms with E-state index in [1.54, 1.807) is 4.68 Å². The van der Waals surface area contributed by atoms with E-state index >= 15 is 0 Å². The summed E-state index contributed by atoms with van der Waals surface area (Å²) in [5, 5.41) is 8.27. The molecule has 0 fully saturated rings. The second kappa shape index (κ2) is 5.33. The molecule has 0 aliphatic heterocycles. The van der Waals surface area contributed by atoms with Crippen molar-refractivity contribution in [3.8, 4) is 0 Å². The highest BCUT2D eigenvalue weighted by atomic mass is 35.5. The van der Waals surface area contributed by atoms with Gasteiger partial charge in [0.15, 0.2) is 0 Å². The number of hydrogen-bond donors (Lipinski definition) is 0. The van der Waals surface area contributed by atoms with Crippen LogP contribution in [0, 0.1) is 5.92 Å². The van der Waals surface area contributed by atoms with Crippen LogP contribution < -0.4 is 0 Å². The predicted molar refractivity (Wildman–Crippen MR) is 76.2 cm³/mol. The van der Waals surface area contributed by atoms with Gasteiger partial charge in [-0.1, -0.05) is 29.5 Å². The van der Waals surface area contributed by atoms with Gasteiger partial charge < -0.3 is 0 Å². The molecule has 0 bridgehead atoms. The minimum atomic E-state index is 0.0840. The third-order valence-corrected chi connectivity index (χ3v) is 4.50. The molecule has 0 saturated carbocycles. The van der Waals surface area contributed by atoms with E-state index in [-0.39, 0.29) is 5.38 Å². The Balaban J connectivity index is 1.83. The molecule has 0 N–H and O–H groups in total. The van der Waals surface area contributed by atoms with Crippen molar-refractivity contribution in [2.75, 3.05) is 0 Å². The van der Waals surface area contributed by atoms with Crippen molar-refractivity contribution in [2.24, 2.45) is 13.0 Å². The van der Waals surface area contributed by atoms with Gasteiger partial charge in [0.25, 0.3) is 0 Å². The Kier molecular flexibility index (Phi) is 3.56. The van der Waals surface area contributed by atoms with Gasteiger partial charge in [-0.25, -0.2) is 0 Å². The van der Waals surface area contributed by atoms with Crippen LogP contribution in [0.25, 0.3) is 0 Å². The second-order valence-electron chi connectivity index (χ2n) is 5.34. The summed E-state index contributed by atoms with van der Waals surface area (Å²) in [7, 11) is 1.90. The average molecular weight is 276 g/mol. The lowest BCUT2D eigenvalue weighted by molar-refractivity contribution is 0.460. The van der Waals surface area contributed by atoms with Gasteiger partial charge in [-0.15, -0.1) is 16.7 Å². The van der Waals surface area contributed by atoms with E-state index < -0.39 is 0 Å². The van der Waals surface area contributed by atoms with Gasteiger partial charge in [-0.05, 0) is 42.7 Å². The van der Waals surface area contributed by atoms with Crippen molar-refractivity contribution in [3.63, 3.8) is 0 Å². The van der Waals surface area contributed by atoms with Gasteiger partial charge in [0, 0.05) is 13.2 Å². The lowest BCUT2D eigenvalue weighted by Gasteiger charge is -2.20. The quantitative estimate of drug-likeness (QED) is 0.622. The highest BCUT2D eigenvalue weighted by Crippen LogP contribution is 2.39. The summed E-state index contributed by atoms with van der Waals surface area (Å²) in [5.74, 6) is 0.446. The number of aryl methyl sites for hydroxylation is 2. The van der Waals surface area contributed by atoms with Crippen molar-refractivity contribution >= 4 is 11.6 Å². The Labute approximate surface area is 118 Å². The molecule has 1 aliphatic rings. The molecule has 3 rings (SSSR count). The lowest BCUT2D eigenvalue weighted by atomic mass is 9.92. The van der Waals surface area contributed by atoms with Crippen molar-refractivity contribution in [2.45, 2.75) is 31.1 Å². The average Bonchev–Trinajstić information content (AvgIpc) is 2.75. The van der Waals surface area contributed by atoms with Crippen LogP contribution in [0.4, 0.5) is 0 Å². The van der Waals surface area contributed by atoms with Crippen LogP contribution in [0.1, 0.15) is 35.0 Å². The summed E-state index contributed by atoms with van der Waals surface area (Å²) in [6.07, 6.45) is 6.39. The first kappa shape index (κ1) is 12.7. The topological polar surface area (TPSA) is 30.7 Å². The fraction of sp³-hybridized carbons (Fsp3) is 0.467. The molecule has 19 heavy (non-hydrogen) atoms. The van der Waals surface area contributed by atoms with Gasteiger partial charge in [0.05, 0.1) is 11.1 Å². The molecule has 4 heteroatoms. The SMILES string of the molecule is Cn1cc(CC2CCCc3ccccc3C2Cl)nn1. The van der Waals surface area contributed by atoms with Crippen LogP contribution in [0.3, 0.4) is 0 Å². The lowest BCUT2D eigenvalue weighted by Crippen LogP contribution is -2.11. The molecular formula is C15H18ClN3. The maximum atomic E-state index is 6.72. The molecule has 2 atom stereocenters. The van der Waals surface area contributed by atoms with Gasteiger partial charge in [0.2, 0.25) is 0 Å². The fourth-order valence-corrected chi connectivity index (χ4v) is 3.38. The van der Waals surface area contributed by atoms with E-state index in [1.165, 1.54) is 17.5 Å². The minimum absolute atomic E-state index is 0.0840. The molecular weight excluding hydrogens is 258 g/mol. The fourth-order valence-electron chi connectivity index (χ4n) is 2.95. The molecule has 1 aromatic carbocycles. The molecule has 0 spiro atoms. The first-order chi connectivity index (χ1) is 9.24. The van der Waals surface area contributed by atoms with E-state index in [9.17, 15) is 0 Å². The van der Waals surface area contributed by atoms with Crippen LogP contribution in [0.2, 0.25) is 0 Å². The van der Waals surface area contributed by atoms with Crippen LogP contribution >= 0.6 is 11.6 Å². The molecule has 100 valence electrons. The van der Waals surface area contributed by atoms with Crippen molar-refractivity contribution in [1.82, 2.24) is 15.0 Å². The summed E-state index contributed by atoms with van der Waals surface area (Å²) in [5.41, 5.74) is 3.75. The number of aromatic nitrogens is 3. The Morgan fingerprint density at radius 3 is 3.00 bits per heavy atom. The molecule has 1 heterocycles. The van der Waals surface area contributed by atoms with Crippen LogP contribution in [-0.2, 0) is 19.9 Å². The highest BCUT2D eigenvalue weighted by molar-refractivity contribution is 6.21. The Hall–Kier alpha value is -1.35. The van der Waals surface area contributed by atoms with Gasteiger partial charge in [-0.3, -0.25) is 4.68 Å². The molecule has 3 nitrogen and oxygen atoms in total. The van der Waals surface area contributed by atoms with E-state index in [1.807, 2.05) is 13.2 Å². The molecule has 0 radical (unpaired) electrons. The van der Waals surface area contributed by atoms with Crippen LogP contribution in [-0.4, -0.2) is 15.0 Å². The smallest absolute Gasteiger partial charge is 0.0830 e. The first-order valence-corrected chi connectivity index (χ1v) is 7.25. The van der Waals surface area contributed by atoms with Crippen molar-refractivity contribution in [3.05, 3.63) is 47.3 Å². The Morgan fingerprint density at radius 1 is 1.37 bits per heavy atom. The largest absolute Gasteiger partial charge is 0.255 e. The number of alkyl halides is 1. The molecule has 2 unspecified atom stereocenters. The van der Waals surface area contributed by atoms with Crippen LogP contribution in [0.15, 0.2) is 30.5 Å². The highest BCUT2D eigenvalue weighted by Gasteiger charge is 2.26. The summed E-state index contributed by atoms with van der Waals surface area (Å²) < 4.78 is 1.75. The van der Waals surface area contributed by atoms with Gasteiger partial charge >= 0.3 is 0 Å². The maximum absolute atomic E-state index is 6.72. The number of nitrogens with zero attached hydrogens (tertiary/aromatic N) is 3. The molecule has 1 aromatic heterocycles. The maximum Gasteiger partial charge on any atom is 0.0830 e. The zero-order valence-electron chi connectivity index (χ0n) is 11.1. The number of rotatable bonds is 2. The predicted octanol–water partition coefficient (Wildman–Crippen LogP) is 3.29. The molecule has 0 saturated heterocycles. The summed E-state index contributed by atoms with van der Waals surface area (Å²) in [4.78, 5) is 0. The zero-order valence-corrected chi connectivity index (χ0v) is 11.8. The van der Waals surface area contributed by atoms with Crippen molar-refractivity contribution < 1.29 is 0 Å². The van der Waals surface area contributed by atoms with Crippen molar-refractivity contribution in [1.29, 1.82) is 0 Å². The van der Waals surface area contributed by atoms with E-state index in [4.69, 9.17) is 11.6 Å². The zero-order chi connectivity index (χ0) is 13.2. The monoisotopic (exact) mass is 275 g/mol. The molecule has 2 aromatic rings. The Morgan fingerprint density at radius 2 is 2.21 bits per heavy atom. The Bertz CT molecular complexity index is 564. The summed E-state index contributed by atoms with van der Waals surface area (Å²) in [6.45, 7) is 0. The van der Waals surface area contributed by atoms with E-state index in [0.717, 1.165) is 25.0 Å². The van der Waals surface area contributed by atoms with Crippen LogP contribution in [0.5, 0.6) is 0 Å². The third kappa shape index (κ3) is 2.66. The van der Waals surface area contributed by atoms with Gasteiger partial charge in [-0.2, -0.15) is 0 Å². The normalized spacial score (nSPS) is 22.8. The third-order valence-electron chi connectivity index (χ3n) is 3.91. The number of halogens is 1.